The molecule has 4 aromatic heterocycles. The first-order chi connectivity index (χ1) is 14.5. The van der Waals surface area contributed by atoms with Crippen molar-refractivity contribution in [2.75, 3.05) is 14.2 Å². The van der Waals surface area contributed by atoms with Crippen molar-refractivity contribution in [3.05, 3.63) is 52.6 Å². The van der Waals surface area contributed by atoms with Crippen LogP contribution in [0.5, 0.6) is 5.75 Å². The number of hydrogen-bond acceptors (Lipinski definition) is 7. The number of methoxy groups -OCH3 is 1. The predicted octanol–water partition coefficient (Wildman–Crippen LogP) is 1.61. The second-order valence-corrected chi connectivity index (χ2v) is 7.87. The maximum Gasteiger partial charge on any atom is 0.291 e. The molecule has 30 heavy (non-hydrogen) atoms. The lowest BCUT2D eigenvalue weighted by Gasteiger charge is -2.06. The Bertz CT molecular complexity index is 1270. The highest BCUT2D eigenvalue weighted by Gasteiger charge is 2.17. The molecule has 0 radical (unpaired) electrons. The maximum atomic E-state index is 13.1. The van der Waals surface area contributed by atoms with Gasteiger partial charge in [0, 0.05) is 50.2 Å². The number of nitrogens with zero attached hydrogens (tertiary/aromatic N) is 7. The Morgan fingerprint density at radius 2 is 2.17 bits per heavy atom. The zero-order valence-corrected chi connectivity index (χ0v) is 18.0. The van der Waals surface area contributed by atoms with E-state index in [2.05, 4.69) is 25.4 Å². The molecule has 0 aliphatic heterocycles. The number of aryl methyl sites for hydroxylation is 2. The summed E-state index contributed by atoms with van der Waals surface area (Å²) in [5.41, 5.74) is 1.96. The van der Waals surface area contributed by atoms with Crippen LogP contribution in [-0.4, -0.2) is 53.5 Å². The molecule has 0 bridgehead atoms. The number of hydrogen-bond donors (Lipinski definition) is 1. The number of aromatic amines is 1. The molecular formula is C19H22N8O2S. The Balaban J connectivity index is 1.66. The van der Waals surface area contributed by atoms with E-state index in [1.165, 1.54) is 16.4 Å². The van der Waals surface area contributed by atoms with Crippen molar-refractivity contribution in [1.82, 2.24) is 34.3 Å². The second-order valence-electron chi connectivity index (χ2n) is 6.75. The van der Waals surface area contributed by atoms with E-state index in [-0.39, 0.29) is 12.1 Å². The first kappa shape index (κ1) is 20.0. The molecule has 0 spiro atoms. The SMILES string of the molecule is C/N=C(/Cc1cc[nH]n1)Sc1cn(C)c2c(=O)n(Cc3nn(C)cc3OC)ncc12. The molecule has 156 valence electrons. The van der Waals surface area contributed by atoms with Crippen LogP contribution in [0.25, 0.3) is 10.9 Å². The van der Waals surface area contributed by atoms with Crippen LogP contribution in [0.1, 0.15) is 11.4 Å². The second kappa shape index (κ2) is 8.19. The summed E-state index contributed by atoms with van der Waals surface area (Å²) in [5, 5.41) is 17.4. The van der Waals surface area contributed by atoms with E-state index in [0.29, 0.717) is 23.4 Å². The van der Waals surface area contributed by atoms with E-state index in [0.717, 1.165) is 21.0 Å². The molecule has 0 saturated carbocycles. The molecule has 0 atom stereocenters. The number of ether oxygens (including phenoxy) is 1. The van der Waals surface area contributed by atoms with Crippen LogP contribution in [0.2, 0.25) is 0 Å². The molecule has 4 aromatic rings. The normalized spacial score (nSPS) is 12.1. The van der Waals surface area contributed by atoms with Crippen LogP contribution < -0.4 is 10.3 Å². The van der Waals surface area contributed by atoms with Crippen molar-refractivity contribution in [1.29, 1.82) is 0 Å². The number of nitrogens with one attached hydrogen (secondary N) is 1. The summed E-state index contributed by atoms with van der Waals surface area (Å²) in [6.45, 7) is 0.229. The fourth-order valence-electron chi connectivity index (χ4n) is 3.27. The average Bonchev–Trinajstić information content (AvgIpc) is 3.43. The Labute approximate surface area is 176 Å². The minimum absolute atomic E-state index is 0.183. The molecule has 1 N–H and O–H groups in total. The van der Waals surface area contributed by atoms with Crippen molar-refractivity contribution in [2.24, 2.45) is 19.1 Å². The standard InChI is InChI=1S/C19H22N8O2S/c1-20-17(7-12-5-6-21-23-12)30-16-11-25(2)18-13(16)8-22-27(19(18)28)9-14-15(29-4)10-26(3)24-14/h5-6,8,10-11H,7,9H2,1-4H3,(H,21,23)/b20-17-. The summed E-state index contributed by atoms with van der Waals surface area (Å²) >= 11 is 1.52. The number of fused-ring (bicyclic) bond motifs is 1. The molecule has 10 nitrogen and oxygen atoms in total. The van der Waals surface area contributed by atoms with Crippen molar-refractivity contribution in [3.8, 4) is 5.75 Å². The van der Waals surface area contributed by atoms with E-state index in [1.807, 2.05) is 30.9 Å². The minimum Gasteiger partial charge on any atom is -0.493 e. The Hall–Kier alpha value is -3.34. The van der Waals surface area contributed by atoms with Gasteiger partial charge in [-0.1, -0.05) is 11.8 Å². The smallest absolute Gasteiger partial charge is 0.291 e. The molecule has 0 aromatic carbocycles. The Morgan fingerprint density at radius 3 is 2.87 bits per heavy atom. The van der Waals surface area contributed by atoms with Gasteiger partial charge in [-0.25, -0.2) is 4.68 Å². The first-order valence-corrected chi connectivity index (χ1v) is 10.1. The largest absolute Gasteiger partial charge is 0.493 e. The highest BCUT2D eigenvalue weighted by atomic mass is 32.2. The highest BCUT2D eigenvalue weighted by molar-refractivity contribution is 8.14. The summed E-state index contributed by atoms with van der Waals surface area (Å²) in [6.07, 6.45) is 7.82. The van der Waals surface area contributed by atoms with Crippen LogP contribution in [0.3, 0.4) is 0 Å². The molecule has 11 heteroatoms. The molecule has 0 aliphatic rings. The molecule has 0 saturated heterocycles. The van der Waals surface area contributed by atoms with Crippen LogP contribution in [-0.2, 0) is 27.1 Å². The number of aliphatic imine (C=N–C) groups is 1. The van der Waals surface area contributed by atoms with Crippen molar-refractivity contribution < 1.29 is 4.74 Å². The third-order valence-corrected chi connectivity index (χ3v) is 5.81. The van der Waals surface area contributed by atoms with Crippen molar-refractivity contribution in [3.63, 3.8) is 0 Å². The molecule has 0 unspecified atom stereocenters. The topological polar surface area (TPSA) is 108 Å². The fraction of sp³-hybridized carbons (Fsp3) is 0.316. The molecule has 0 aliphatic carbocycles. The van der Waals surface area contributed by atoms with Crippen LogP contribution in [0.15, 0.2) is 45.5 Å². The summed E-state index contributed by atoms with van der Waals surface area (Å²) in [7, 11) is 7.00. The van der Waals surface area contributed by atoms with Gasteiger partial charge < -0.3 is 9.30 Å². The van der Waals surface area contributed by atoms with Gasteiger partial charge in [-0.3, -0.25) is 19.6 Å². The monoisotopic (exact) mass is 426 g/mol. The molecule has 4 rings (SSSR count). The van der Waals surface area contributed by atoms with Gasteiger partial charge in [0.15, 0.2) is 5.75 Å². The van der Waals surface area contributed by atoms with E-state index < -0.39 is 0 Å². The van der Waals surface area contributed by atoms with Crippen LogP contribution in [0.4, 0.5) is 0 Å². The quantitative estimate of drug-likeness (QED) is 0.285. The van der Waals surface area contributed by atoms with E-state index in [4.69, 9.17) is 4.74 Å². The molecule has 0 amide bonds. The number of thioether (sulfide) groups is 1. The summed E-state index contributed by atoms with van der Waals surface area (Å²) < 4.78 is 10.2. The zero-order valence-electron chi connectivity index (χ0n) is 17.2. The lowest BCUT2D eigenvalue weighted by Crippen LogP contribution is -2.24. The lowest BCUT2D eigenvalue weighted by molar-refractivity contribution is 0.406. The third-order valence-electron chi connectivity index (χ3n) is 4.70. The highest BCUT2D eigenvalue weighted by Crippen LogP contribution is 2.29. The number of rotatable bonds is 6. The van der Waals surface area contributed by atoms with E-state index >= 15 is 0 Å². The third kappa shape index (κ3) is 3.75. The lowest BCUT2D eigenvalue weighted by atomic mass is 10.3. The van der Waals surface area contributed by atoms with Crippen LogP contribution in [0, 0.1) is 0 Å². The van der Waals surface area contributed by atoms with Gasteiger partial charge in [0.05, 0.1) is 36.8 Å². The summed E-state index contributed by atoms with van der Waals surface area (Å²) in [4.78, 5) is 18.4. The van der Waals surface area contributed by atoms with Gasteiger partial charge in [0.1, 0.15) is 11.2 Å². The van der Waals surface area contributed by atoms with Gasteiger partial charge in [-0.15, -0.1) is 0 Å². The minimum atomic E-state index is -0.183. The predicted molar refractivity (Wildman–Crippen MR) is 115 cm³/mol. The average molecular weight is 427 g/mol. The summed E-state index contributed by atoms with van der Waals surface area (Å²) in [6, 6.07) is 1.92. The fourth-order valence-corrected chi connectivity index (χ4v) is 4.31. The Kier molecular flexibility index (Phi) is 5.44. The summed E-state index contributed by atoms with van der Waals surface area (Å²) in [5.74, 6) is 0.622. The van der Waals surface area contributed by atoms with Gasteiger partial charge in [-0.05, 0) is 6.07 Å². The van der Waals surface area contributed by atoms with Gasteiger partial charge in [0.25, 0.3) is 5.56 Å². The van der Waals surface area contributed by atoms with E-state index in [1.54, 1.807) is 37.4 Å². The van der Waals surface area contributed by atoms with E-state index in [9.17, 15) is 4.79 Å². The Morgan fingerprint density at radius 1 is 1.33 bits per heavy atom. The van der Waals surface area contributed by atoms with Crippen molar-refractivity contribution in [2.45, 2.75) is 17.9 Å². The molecule has 0 fully saturated rings. The first-order valence-electron chi connectivity index (χ1n) is 9.24. The molecular weight excluding hydrogens is 404 g/mol. The van der Waals surface area contributed by atoms with Crippen molar-refractivity contribution >= 4 is 27.7 Å². The number of H-pyrrole nitrogens is 1. The van der Waals surface area contributed by atoms with Gasteiger partial charge >= 0.3 is 0 Å². The zero-order chi connectivity index (χ0) is 21.3. The van der Waals surface area contributed by atoms with Gasteiger partial charge in [0.2, 0.25) is 0 Å². The number of aromatic nitrogens is 7. The van der Waals surface area contributed by atoms with Gasteiger partial charge in [-0.2, -0.15) is 15.3 Å². The maximum absolute atomic E-state index is 13.1. The van der Waals surface area contributed by atoms with Crippen LogP contribution >= 0.6 is 11.8 Å². The molecule has 4 heterocycles.